The van der Waals surface area contributed by atoms with Gasteiger partial charge in [-0.15, -0.1) is 0 Å². The van der Waals surface area contributed by atoms with Crippen molar-refractivity contribution in [2.75, 3.05) is 32.7 Å². The molecule has 0 bridgehead atoms. The van der Waals surface area contributed by atoms with Crippen molar-refractivity contribution in [3.8, 4) is 0 Å². The van der Waals surface area contributed by atoms with Crippen LogP contribution in [0.2, 0.25) is 0 Å². The molecule has 1 aromatic rings. The first-order valence-corrected chi connectivity index (χ1v) is 10.0. The van der Waals surface area contributed by atoms with Crippen LogP contribution >= 0.6 is 0 Å². The van der Waals surface area contributed by atoms with Crippen molar-refractivity contribution >= 4 is 17.9 Å². The van der Waals surface area contributed by atoms with Gasteiger partial charge in [0.2, 0.25) is 5.91 Å². The van der Waals surface area contributed by atoms with Gasteiger partial charge < -0.3 is 20.2 Å². The molecule has 7 nitrogen and oxygen atoms in total. The second kappa shape index (κ2) is 8.63. The highest BCUT2D eigenvalue weighted by molar-refractivity contribution is 5.84. The summed E-state index contributed by atoms with van der Waals surface area (Å²) in [5, 5.41) is 12.5. The van der Waals surface area contributed by atoms with Crippen LogP contribution in [0.1, 0.15) is 38.2 Å². The summed E-state index contributed by atoms with van der Waals surface area (Å²) in [4.78, 5) is 40.6. The van der Waals surface area contributed by atoms with Gasteiger partial charge in [0.25, 0.3) is 0 Å². The molecule has 1 aromatic carbocycles. The van der Waals surface area contributed by atoms with E-state index in [0.29, 0.717) is 31.5 Å². The fourth-order valence-corrected chi connectivity index (χ4v) is 3.96. The van der Waals surface area contributed by atoms with Crippen LogP contribution in [-0.4, -0.2) is 65.5 Å². The fraction of sp³-hybridized carbons (Fsp3) is 0.571. The van der Waals surface area contributed by atoms with E-state index < -0.39 is 11.4 Å². The van der Waals surface area contributed by atoms with Crippen molar-refractivity contribution in [2.45, 2.75) is 38.0 Å². The van der Waals surface area contributed by atoms with Crippen LogP contribution in [0.3, 0.4) is 0 Å². The number of likely N-dealkylation sites (tertiary alicyclic amines) is 2. The number of urea groups is 1. The largest absolute Gasteiger partial charge is 0.481 e. The van der Waals surface area contributed by atoms with E-state index in [2.05, 4.69) is 5.32 Å². The Kier molecular flexibility index (Phi) is 6.21. The van der Waals surface area contributed by atoms with Gasteiger partial charge in [-0.3, -0.25) is 9.59 Å². The van der Waals surface area contributed by atoms with Crippen molar-refractivity contribution in [3.63, 3.8) is 0 Å². The molecule has 2 heterocycles. The van der Waals surface area contributed by atoms with E-state index in [9.17, 15) is 19.5 Å². The van der Waals surface area contributed by atoms with Crippen LogP contribution in [-0.2, 0) is 15.0 Å². The number of aliphatic carboxylic acids is 1. The molecule has 2 fully saturated rings. The standard InChI is InChI=1S/C21H29N3O4/c1-21(19(26)27,17-7-3-2-4-8-17)15-22-18(25)16-9-13-24(14-10-16)20(28)23-11-5-6-12-23/h2-4,7-8,16H,5-6,9-15H2,1H3,(H,22,25)(H,26,27). The van der Waals surface area contributed by atoms with Gasteiger partial charge in [0, 0.05) is 38.6 Å². The number of carboxylic acid groups (broad SMARTS) is 1. The Bertz CT molecular complexity index is 710. The highest BCUT2D eigenvalue weighted by atomic mass is 16.4. The molecule has 0 spiro atoms. The molecule has 0 saturated carbocycles. The average molecular weight is 387 g/mol. The Balaban J connectivity index is 1.52. The van der Waals surface area contributed by atoms with E-state index in [1.165, 1.54) is 0 Å². The summed E-state index contributed by atoms with van der Waals surface area (Å²) in [7, 11) is 0. The summed E-state index contributed by atoms with van der Waals surface area (Å²) in [6.07, 6.45) is 3.35. The number of hydrogen-bond acceptors (Lipinski definition) is 3. The summed E-state index contributed by atoms with van der Waals surface area (Å²) in [6, 6.07) is 9.04. The summed E-state index contributed by atoms with van der Waals surface area (Å²) in [6.45, 7) is 4.46. The van der Waals surface area contributed by atoms with E-state index >= 15 is 0 Å². The number of carboxylic acids is 1. The first-order chi connectivity index (χ1) is 13.4. The van der Waals surface area contributed by atoms with E-state index in [1.54, 1.807) is 31.2 Å². The molecule has 3 rings (SSSR count). The molecule has 28 heavy (non-hydrogen) atoms. The molecule has 2 aliphatic heterocycles. The predicted octanol–water partition coefficient (Wildman–Crippen LogP) is 2.07. The minimum absolute atomic E-state index is 0.0398. The van der Waals surface area contributed by atoms with Crippen molar-refractivity contribution in [2.24, 2.45) is 5.92 Å². The minimum Gasteiger partial charge on any atom is -0.481 e. The number of amides is 3. The summed E-state index contributed by atoms with van der Waals surface area (Å²) in [5.74, 6) is -1.28. The number of carbonyl (C=O) groups is 3. The maximum absolute atomic E-state index is 12.6. The van der Waals surface area contributed by atoms with Crippen molar-refractivity contribution < 1.29 is 19.5 Å². The molecule has 1 unspecified atom stereocenters. The number of piperidine rings is 1. The van der Waals surface area contributed by atoms with Crippen LogP contribution < -0.4 is 5.32 Å². The van der Waals surface area contributed by atoms with Crippen LogP contribution in [0, 0.1) is 5.92 Å². The first kappa shape index (κ1) is 20.2. The van der Waals surface area contributed by atoms with Crippen LogP contribution in [0.4, 0.5) is 4.79 Å². The average Bonchev–Trinajstić information content (AvgIpc) is 3.26. The second-order valence-electron chi connectivity index (χ2n) is 7.96. The number of benzene rings is 1. The molecule has 0 radical (unpaired) electrons. The topological polar surface area (TPSA) is 90.0 Å². The molecule has 2 saturated heterocycles. The molecule has 2 aliphatic rings. The van der Waals surface area contributed by atoms with Gasteiger partial charge in [-0.1, -0.05) is 30.3 Å². The highest BCUT2D eigenvalue weighted by Gasteiger charge is 2.37. The lowest BCUT2D eigenvalue weighted by Crippen LogP contribution is -2.49. The number of carbonyl (C=O) groups excluding carboxylic acids is 2. The molecule has 3 amide bonds. The summed E-state index contributed by atoms with van der Waals surface area (Å²) >= 11 is 0. The Labute approximate surface area is 165 Å². The Morgan fingerprint density at radius 1 is 1.04 bits per heavy atom. The molecule has 7 heteroatoms. The van der Waals surface area contributed by atoms with Gasteiger partial charge >= 0.3 is 12.0 Å². The SMILES string of the molecule is CC(CNC(=O)C1CCN(C(=O)N2CCCC2)CC1)(C(=O)O)c1ccccc1. The van der Waals surface area contributed by atoms with Gasteiger partial charge in [-0.05, 0) is 38.2 Å². The smallest absolute Gasteiger partial charge is 0.319 e. The van der Waals surface area contributed by atoms with Crippen molar-refractivity contribution in [1.29, 1.82) is 0 Å². The van der Waals surface area contributed by atoms with Crippen molar-refractivity contribution in [3.05, 3.63) is 35.9 Å². The van der Waals surface area contributed by atoms with Crippen molar-refractivity contribution in [1.82, 2.24) is 15.1 Å². The van der Waals surface area contributed by atoms with Crippen LogP contribution in [0.25, 0.3) is 0 Å². The molecular formula is C21H29N3O4. The third-order valence-corrected chi connectivity index (χ3v) is 6.01. The number of nitrogens with zero attached hydrogens (tertiary/aromatic N) is 2. The molecular weight excluding hydrogens is 358 g/mol. The number of nitrogens with one attached hydrogen (secondary N) is 1. The molecule has 0 aliphatic carbocycles. The van der Waals surface area contributed by atoms with E-state index in [-0.39, 0.29) is 24.4 Å². The molecule has 152 valence electrons. The molecule has 0 aromatic heterocycles. The lowest BCUT2D eigenvalue weighted by atomic mass is 9.82. The summed E-state index contributed by atoms with van der Waals surface area (Å²) < 4.78 is 0. The molecule has 1 atom stereocenters. The maximum Gasteiger partial charge on any atom is 0.319 e. The van der Waals surface area contributed by atoms with E-state index in [4.69, 9.17) is 0 Å². The predicted molar refractivity (Wildman–Crippen MR) is 105 cm³/mol. The third kappa shape index (κ3) is 4.29. The summed E-state index contributed by atoms with van der Waals surface area (Å²) in [5.41, 5.74) is -0.516. The highest BCUT2D eigenvalue weighted by Crippen LogP contribution is 2.25. The maximum atomic E-state index is 12.6. The lowest BCUT2D eigenvalue weighted by molar-refractivity contribution is -0.143. The first-order valence-electron chi connectivity index (χ1n) is 10.0. The third-order valence-electron chi connectivity index (χ3n) is 6.01. The number of hydrogen-bond donors (Lipinski definition) is 2. The second-order valence-corrected chi connectivity index (χ2v) is 7.96. The fourth-order valence-electron chi connectivity index (χ4n) is 3.96. The molecule has 2 N–H and O–H groups in total. The van der Waals surface area contributed by atoms with Gasteiger partial charge in [-0.2, -0.15) is 0 Å². The zero-order valence-corrected chi connectivity index (χ0v) is 16.4. The van der Waals surface area contributed by atoms with Crippen LogP contribution in [0.15, 0.2) is 30.3 Å². The quantitative estimate of drug-likeness (QED) is 0.809. The zero-order valence-electron chi connectivity index (χ0n) is 16.4. The zero-order chi connectivity index (χ0) is 20.1. The van der Waals surface area contributed by atoms with E-state index in [1.807, 2.05) is 15.9 Å². The number of rotatable bonds is 5. The Morgan fingerprint density at radius 3 is 2.18 bits per heavy atom. The van der Waals surface area contributed by atoms with E-state index in [0.717, 1.165) is 25.9 Å². The van der Waals surface area contributed by atoms with Gasteiger partial charge in [0.05, 0.1) is 0 Å². The normalized spacial score (nSPS) is 19.9. The van der Waals surface area contributed by atoms with Gasteiger partial charge in [0.15, 0.2) is 0 Å². The Hall–Kier alpha value is -2.57. The van der Waals surface area contributed by atoms with Crippen LogP contribution in [0.5, 0.6) is 0 Å². The monoisotopic (exact) mass is 387 g/mol. The van der Waals surface area contributed by atoms with Gasteiger partial charge in [-0.25, -0.2) is 4.79 Å². The lowest BCUT2D eigenvalue weighted by Gasteiger charge is -2.34. The Morgan fingerprint density at radius 2 is 1.61 bits per heavy atom. The minimum atomic E-state index is -1.18. The van der Waals surface area contributed by atoms with Gasteiger partial charge in [0.1, 0.15) is 5.41 Å².